The van der Waals surface area contributed by atoms with E-state index in [0.29, 0.717) is 13.1 Å². The molecule has 0 saturated carbocycles. The highest BCUT2D eigenvalue weighted by Gasteiger charge is 2.30. The second kappa shape index (κ2) is 9.90. The second-order valence-corrected chi connectivity index (χ2v) is 10.2. The number of benzene rings is 1. The van der Waals surface area contributed by atoms with Gasteiger partial charge in [0, 0.05) is 48.1 Å². The van der Waals surface area contributed by atoms with E-state index in [1.54, 1.807) is 12.4 Å². The van der Waals surface area contributed by atoms with Gasteiger partial charge in [-0.1, -0.05) is 23.4 Å². The molecular formula is C29H32N4O3. The third kappa shape index (κ3) is 4.44. The van der Waals surface area contributed by atoms with Crippen LogP contribution in [0.2, 0.25) is 0 Å². The number of amides is 1. The zero-order valence-corrected chi connectivity index (χ0v) is 20.5. The average Bonchev–Trinajstić information content (AvgIpc) is 3.68. The van der Waals surface area contributed by atoms with Crippen molar-refractivity contribution < 1.29 is 14.4 Å². The van der Waals surface area contributed by atoms with Gasteiger partial charge in [0.05, 0.1) is 12.3 Å². The van der Waals surface area contributed by atoms with Crippen LogP contribution in [-0.2, 0) is 11.2 Å². The lowest BCUT2D eigenvalue weighted by Gasteiger charge is -2.33. The number of aryl methyl sites for hydroxylation is 1. The van der Waals surface area contributed by atoms with E-state index in [9.17, 15) is 10.0 Å². The van der Waals surface area contributed by atoms with E-state index >= 15 is 0 Å². The van der Waals surface area contributed by atoms with Gasteiger partial charge in [-0.25, -0.2) is 0 Å². The first-order valence-electron chi connectivity index (χ1n) is 13.1. The van der Waals surface area contributed by atoms with Crippen LogP contribution in [0.1, 0.15) is 54.9 Å². The average molecular weight is 485 g/mol. The first-order chi connectivity index (χ1) is 17.7. The molecule has 2 saturated heterocycles. The van der Waals surface area contributed by atoms with Gasteiger partial charge in [0.15, 0.2) is 0 Å². The van der Waals surface area contributed by atoms with E-state index in [2.05, 4.69) is 39.3 Å². The molecule has 1 N–H and O–H groups in total. The number of aromatic nitrogens is 1. The second-order valence-electron chi connectivity index (χ2n) is 10.2. The van der Waals surface area contributed by atoms with E-state index < -0.39 is 0 Å². The zero-order valence-electron chi connectivity index (χ0n) is 20.5. The third-order valence-corrected chi connectivity index (χ3v) is 7.91. The summed E-state index contributed by atoms with van der Waals surface area (Å²) in [5.41, 5.74) is 6.10. The van der Waals surface area contributed by atoms with Crippen LogP contribution < -0.4 is 0 Å². The van der Waals surface area contributed by atoms with Crippen LogP contribution in [-0.4, -0.2) is 64.3 Å². The maximum Gasteiger partial charge on any atom is 0.236 e. The summed E-state index contributed by atoms with van der Waals surface area (Å²) in [4.78, 5) is 21.5. The molecule has 1 unspecified atom stereocenters. The Morgan fingerprint density at radius 2 is 1.83 bits per heavy atom. The van der Waals surface area contributed by atoms with Crippen molar-refractivity contribution in [2.75, 3.05) is 32.7 Å². The Labute approximate surface area is 211 Å². The van der Waals surface area contributed by atoms with Gasteiger partial charge < -0.3 is 14.5 Å². The normalized spacial score (nSPS) is 21.3. The van der Waals surface area contributed by atoms with Crippen LogP contribution in [0.3, 0.4) is 0 Å². The molecule has 186 valence electrons. The molecule has 4 heterocycles. The van der Waals surface area contributed by atoms with Gasteiger partial charge in [0.2, 0.25) is 5.91 Å². The third-order valence-electron chi connectivity index (χ3n) is 7.91. The van der Waals surface area contributed by atoms with Gasteiger partial charge in [-0.2, -0.15) is 0 Å². The summed E-state index contributed by atoms with van der Waals surface area (Å²) in [5.74, 6) is 2.19. The molecule has 3 aromatic rings. The minimum absolute atomic E-state index is 0.179. The molecule has 0 spiro atoms. The van der Waals surface area contributed by atoms with Gasteiger partial charge >= 0.3 is 0 Å². The quantitative estimate of drug-likeness (QED) is 0.410. The Morgan fingerprint density at radius 1 is 1.00 bits per heavy atom. The molecule has 6 rings (SSSR count). The Kier molecular flexibility index (Phi) is 6.32. The number of oxime groups is 1. The molecule has 1 amide bonds. The molecule has 1 aromatic carbocycles. The molecule has 2 aromatic heterocycles. The van der Waals surface area contributed by atoms with Crippen LogP contribution in [0.4, 0.5) is 0 Å². The number of hydrogen-bond donors (Lipinski definition) is 1. The number of furan rings is 1. The SMILES string of the molecule is O=C(CN1CCCC1)N1CCCC(c2cc(-c3ccc4c(c3)CC/C4=N\O)c(-c3ccncc3)o2)C1. The van der Waals surface area contributed by atoms with Crippen molar-refractivity contribution in [3.63, 3.8) is 0 Å². The summed E-state index contributed by atoms with van der Waals surface area (Å²) >= 11 is 0. The molecule has 3 aliphatic rings. The summed E-state index contributed by atoms with van der Waals surface area (Å²) in [7, 11) is 0. The van der Waals surface area contributed by atoms with E-state index in [4.69, 9.17) is 4.42 Å². The number of fused-ring (bicyclic) bond motifs is 1. The molecule has 7 nitrogen and oxygen atoms in total. The van der Waals surface area contributed by atoms with E-state index in [1.807, 2.05) is 17.0 Å². The Bertz CT molecular complexity index is 1280. The summed E-state index contributed by atoms with van der Waals surface area (Å²) in [5, 5.41) is 12.8. The van der Waals surface area contributed by atoms with Gasteiger partial charge in [-0.3, -0.25) is 14.7 Å². The number of carbonyl (C=O) groups is 1. The van der Waals surface area contributed by atoms with Crippen LogP contribution >= 0.6 is 0 Å². The van der Waals surface area contributed by atoms with E-state index in [1.165, 1.54) is 18.4 Å². The van der Waals surface area contributed by atoms with Crippen molar-refractivity contribution in [3.05, 3.63) is 65.7 Å². The van der Waals surface area contributed by atoms with Crippen molar-refractivity contribution in [3.8, 4) is 22.5 Å². The maximum atomic E-state index is 13.0. The molecule has 2 fully saturated rings. The fourth-order valence-electron chi connectivity index (χ4n) is 5.95. The maximum absolute atomic E-state index is 13.0. The summed E-state index contributed by atoms with van der Waals surface area (Å²) < 4.78 is 6.58. The zero-order chi connectivity index (χ0) is 24.5. The van der Waals surface area contributed by atoms with Crippen molar-refractivity contribution >= 4 is 11.6 Å². The van der Waals surface area contributed by atoms with Crippen LogP contribution in [0, 0.1) is 0 Å². The predicted octanol–water partition coefficient (Wildman–Crippen LogP) is 4.93. The first kappa shape index (κ1) is 23.0. The standard InChI is InChI=1S/C29H32N4O3/c34-28(19-32-13-1-2-14-32)33-15-3-4-23(18-33)27-17-25(29(36-27)20-9-11-30-12-10-20)22-5-7-24-21(16-22)6-8-26(24)31-35/h5,7,9-12,16-17,23,35H,1-4,6,8,13-15,18-19H2/b31-26+. The number of pyridine rings is 1. The van der Waals surface area contributed by atoms with E-state index in [-0.39, 0.29) is 11.8 Å². The molecule has 1 atom stereocenters. The topological polar surface area (TPSA) is 82.2 Å². The lowest BCUT2D eigenvalue weighted by molar-refractivity contribution is -0.133. The van der Waals surface area contributed by atoms with Crippen molar-refractivity contribution in [2.45, 2.75) is 44.4 Å². The smallest absolute Gasteiger partial charge is 0.236 e. The number of rotatable bonds is 5. The minimum Gasteiger partial charge on any atom is -0.460 e. The summed E-state index contributed by atoms with van der Waals surface area (Å²) in [6.45, 7) is 4.13. The predicted molar refractivity (Wildman–Crippen MR) is 138 cm³/mol. The van der Waals surface area contributed by atoms with Gasteiger partial charge in [-0.05, 0) is 80.9 Å². The van der Waals surface area contributed by atoms with Crippen molar-refractivity contribution in [1.29, 1.82) is 0 Å². The lowest BCUT2D eigenvalue weighted by Crippen LogP contribution is -2.44. The number of likely N-dealkylation sites (tertiary alicyclic amines) is 2. The number of hydrogen-bond acceptors (Lipinski definition) is 6. The Balaban J connectivity index is 1.30. The van der Waals surface area contributed by atoms with E-state index in [0.717, 1.165) is 84.8 Å². The minimum atomic E-state index is 0.179. The van der Waals surface area contributed by atoms with Crippen LogP contribution in [0.25, 0.3) is 22.5 Å². The number of nitrogens with zero attached hydrogens (tertiary/aromatic N) is 4. The molecule has 2 aliphatic heterocycles. The fraction of sp³-hybridized carbons (Fsp3) is 0.414. The lowest BCUT2D eigenvalue weighted by atomic mass is 9.93. The highest BCUT2D eigenvalue weighted by Crippen LogP contribution is 2.40. The Morgan fingerprint density at radius 3 is 2.64 bits per heavy atom. The largest absolute Gasteiger partial charge is 0.460 e. The Hall–Kier alpha value is -3.45. The monoisotopic (exact) mass is 484 g/mol. The molecule has 0 radical (unpaired) electrons. The molecular weight excluding hydrogens is 452 g/mol. The molecule has 36 heavy (non-hydrogen) atoms. The highest BCUT2D eigenvalue weighted by atomic mass is 16.4. The summed E-state index contributed by atoms with van der Waals surface area (Å²) in [6.07, 6.45) is 9.58. The fourth-order valence-corrected chi connectivity index (χ4v) is 5.95. The van der Waals surface area contributed by atoms with Gasteiger partial charge in [0.1, 0.15) is 11.5 Å². The molecule has 1 aliphatic carbocycles. The molecule has 0 bridgehead atoms. The van der Waals surface area contributed by atoms with Crippen LogP contribution in [0.15, 0.2) is 58.4 Å². The van der Waals surface area contributed by atoms with Crippen molar-refractivity contribution in [2.24, 2.45) is 5.16 Å². The van der Waals surface area contributed by atoms with Crippen LogP contribution in [0.5, 0.6) is 0 Å². The van der Waals surface area contributed by atoms with Gasteiger partial charge in [0.25, 0.3) is 0 Å². The highest BCUT2D eigenvalue weighted by molar-refractivity contribution is 6.04. The number of piperidine rings is 1. The first-order valence-corrected chi connectivity index (χ1v) is 13.1. The summed E-state index contributed by atoms with van der Waals surface area (Å²) in [6, 6.07) is 12.5. The molecule has 7 heteroatoms. The van der Waals surface area contributed by atoms with Gasteiger partial charge in [-0.15, -0.1) is 0 Å². The number of carbonyl (C=O) groups excluding carboxylic acids is 1. The van der Waals surface area contributed by atoms with Crippen molar-refractivity contribution in [1.82, 2.24) is 14.8 Å².